The summed E-state index contributed by atoms with van der Waals surface area (Å²) in [5, 5.41) is 11.6. The summed E-state index contributed by atoms with van der Waals surface area (Å²) in [6.07, 6.45) is 2.37. The van der Waals surface area contributed by atoms with Crippen LogP contribution in [0.1, 0.15) is 33.1 Å². The molecule has 0 saturated carbocycles. The molecule has 6 heteroatoms. The van der Waals surface area contributed by atoms with Crippen LogP contribution in [0.3, 0.4) is 0 Å². The van der Waals surface area contributed by atoms with Crippen LogP contribution < -0.4 is 5.32 Å². The molecule has 6 nitrogen and oxygen atoms in total. The Balaban J connectivity index is 2.50. The predicted molar refractivity (Wildman–Crippen MR) is 66.5 cm³/mol. The molecule has 0 bridgehead atoms. The van der Waals surface area contributed by atoms with Crippen molar-refractivity contribution in [3.63, 3.8) is 0 Å². The summed E-state index contributed by atoms with van der Waals surface area (Å²) in [6.45, 7) is 4.47. The fourth-order valence-electron chi connectivity index (χ4n) is 1.80. The van der Waals surface area contributed by atoms with Crippen molar-refractivity contribution in [1.82, 2.24) is 10.2 Å². The number of carboxylic acid groups (broad SMARTS) is 1. The lowest BCUT2D eigenvalue weighted by molar-refractivity contribution is -0.143. The van der Waals surface area contributed by atoms with Gasteiger partial charge in [0, 0.05) is 20.2 Å². The Morgan fingerprint density at radius 2 is 2.22 bits per heavy atom. The minimum absolute atomic E-state index is 0.0680. The number of carboxylic acids is 1. The first-order valence-electron chi connectivity index (χ1n) is 6.27. The number of ether oxygens (including phenoxy) is 1. The van der Waals surface area contributed by atoms with Crippen LogP contribution >= 0.6 is 0 Å². The zero-order valence-electron chi connectivity index (χ0n) is 11.2. The molecule has 18 heavy (non-hydrogen) atoms. The van der Waals surface area contributed by atoms with E-state index in [2.05, 4.69) is 5.32 Å². The summed E-state index contributed by atoms with van der Waals surface area (Å²) >= 11 is 0. The van der Waals surface area contributed by atoms with Gasteiger partial charge in [-0.1, -0.05) is 6.92 Å². The SMILES string of the molecule is CCC(C)(NC(=O)N(C)CC1CCCO1)C(=O)O. The van der Waals surface area contributed by atoms with Gasteiger partial charge in [0.2, 0.25) is 0 Å². The van der Waals surface area contributed by atoms with Crippen LogP contribution in [0.4, 0.5) is 4.79 Å². The lowest BCUT2D eigenvalue weighted by Gasteiger charge is -2.29. The number of hydrogen-bond acceptors (Lipinski definition) is 3. The first-order valence-corrected chi connectivity index (χ1v) is 6.27. The molecule has 1 aliphatic heterocycles. The molecule has 0 spiro atoms. The third-order valence-corrected chi connectivity index (χ3v) is 3.41. The topological polar surface area (TPSA) is 78.9 Å². The number of amides is 2. The van der Waals surface area contributed by atoms with Crippen molar-refractivity contribution in [3.8, 4) is 0 Å². The van der Waals surface area contributed by atoms with Crippen molar-refractivity contribution in [2.75, 3.05) is 20.2 Å². The molecule has 104 valence electrons. The molecule has 2 atom stereocenters. The van der Waals surface area contributed by atoms with Crippen LogP contribution in [0.5, 0.6) is 0 Å². The first-order chi connectivity index (χ1) is 8.39. The molecular weight excluding hydrogens is 236 g/mol. The Bertz CT molecular complexity index is 315. The van der Waals surface area contributed by atoms with Crippen molar-refractivity contribution >= 4 is 12.0 Å². The van der Waals surface area contributed by atoms with Crippen LogP contribution in [0, 0.1) is 0 Å². The van der Waals surface area contributed by atoms with Crippen LogP contribution in [-0.4, -0.2) is 53.8 Å². The average Bonchev–Trinajstić information content (AvgIpc) is 2.81. The summed E-state index contributed by atoms with van der Waals surface area (Å²) in [6, 6.07) is -0.378. The van der Waals surface area contributed by atoms with Crippen molar-refractivity contribution in [2.24, 2.45) is 0 Å². The fourth-order valence-corrected chi connectivity index (χ4v) is 1.80. The molecule has 0 aromatic heterocycles. The molecule has 1 rings (SSSR count). The van der Waals surface area contributed by atoms with Gasteiger partial charge in [-0.05, 0) is 26.2 Å². The minimum Gasteiger partial charge on any atom is -0.480 e. The Hall–Kier alpha value is -1.30. The maximum Gasteiger partial charge on any atom is 0.329 e. The highest BCUT2D eigenvalue weighted by atomic mass is 16.5. The number of nitrogens with zero attached hydrogens (tertiary/aromatic N) is 1. The van der Waals surface area contributed by atoms with Crippen LogP contribution in [0.2, 0.25) is 0 Å². The van der Waals surface area contributed by atoms with Gasteiger partial charge in [0.05, 0.1) is 6.10 Å². The molecular formula is C12H22N2O4. The van der Waals surface area contributed by atoms with Gasteiger partial charge < -0.3 is 20.1 Å². The molecule has 1 aliphatic rings. The normalized spacial score (nSPS) is 22.3. The highest BCUT2D eigenvalue weighted by molar-refractivity contribution is 5.85. The number of carbonyl (C=O) groups is 2. The van der Waals surface area contributed by atoms with Gasteiger partial charge in [0.1, 0.15) is 5.54 Å². The highest BCUT2D eigenvalue weighted by Gasteiger charge is 2.34. The van der Waals surface area contributed by atoms with Crippen molar-refractivity contribution in [2.45, 2.75) is 44.8 Å². The zero-order chi connectivity index (χ0) is 13.8. The van der Waals surface area contributed by atoms with Gasteiger partial charge in [0.15, 0.2) is 0 Å². The largest absolute Gasteiger partial charge is 0.480 e. The first kappa shape index (κ1) is 14.8. The molecule has 2 amide bonds. The van der Waals surface area contributed by atoms with E-state index in [-0.39, 0.29) is 12.1 Å². The molecule has 0 radical (unpaired) electrons. The third kappa shape index (κ3) is 3.60. The van der Waals surface area contributed by atoms with Crippen molar-refractivity contribution in [1.29, 1.82) is 0 Å². The van der Waals surface area contributed by atoms with E-state index in [1.54, 1.807) is 14.0 Å². The number of rotatable bonds is 5. The van der Waals surface area contributed by atoms with E-state index in [1.165, 1.54) is 11.8 Å². The quantitative estimate of drug-likeness (QED) is 0.773. The van der Waals surface area contributed by atoms with Gasteiger partial charge in [-0.25, -0.2) is 9.59 Å². The van der Waals surface area contributed by atoms with Crippen LogP contribution in [0.15, 0.2) is 0 Å². The number of urea groups is 1. The fraction of sp³-hybridized carbons (Fsp3) is 0.833. The van der Waals surface area contributed by atoms with Crippen LogP contribution in [-0.2, 0) is 9.53 Å². The van der Waals surface area contributed by atoms with E-state index in [4.69, 9.17) is 9.84 Å². The molecule has 0 aromatic rings. The number of carbonyl (C=O) groups excluding carboxylic acids is 1. The second-order valence-electron chi connectivity index (χ2n) is 4.94. The van der Waals surface area contributed by atoms with Crippen molar-refractivity contribution < 1.29 is 19.4 Å². The van der Waals surface area contributed by atoms with E-state index < -0.39 is 11.5 Å². The second-order valence-corrected chi connectivity index (χ2v) is 4.94. The lowest BCUT2D eigenvalue weighted by Crippen LogP contribution is -2.55. The number of likely N-dealkylation sites (N-methyl/N-ethyl adjacent to an activating group) is 1. The van der Waals surface area contributed by atoms with Gasteiger partial charge in [0.25, 0.3) is 0 Å². The zero-order valence-corrected chi connectivity index (χ0v) is 11.2. The minimum atomic E-state index is -1.22. The number of aliphatic carboxylic acids is 1. The van der Waals surface area contributed by atoms with Gasteiger partial charge in [-0.3, -0.25) is 0 Å². The lowest BCUT2D eigenvalue weighted by atomic mass is 10.00. The molecule has 0 aromatic carbocycles. The van der Waals surface area contributed by atoms with Crippen LogP contribution in [0.25, 0.3) is 0 Å². The van der Waals surface area contributed by atoms with E-state index >= 15 is 0 Å². The van der Waals surface area contributed by atoms with E-state index in [9.17, 15) is 9.59 Å². The van der Waals surface area contributed by atoms with Gasteiger partial charge >= 0.3 is 12.0 Å². The Morgan fingerprint density at radius 1 is 1.56 bits per heavy atom. The molecule has 1 heterocycles. The summed E-state index contributed by atoms with van der Waals surface area (Å²) in [7, 11) is 1.65. The van der Waals surface area contributed by atoms with E-state index in [0.717, 1.165) is 19.4 Å². The summed E-state index contributed by atoms with van der Waals surface area (Å²) in [4.78, 5) is 24.5. The summed E-state index contributed by atoms with van der Waals surface area (Å²) in [5.74, 6) is -1.02. The highest BCUT2D eigenvalue weighted by Crippen LogP contribution is 2.14. The van der Waals surface area contributed by atoms with E-state index in [0.29, 0.717) is 13.0 Å². The molecule has 1 saturated heterocycles. The second kappa shape index (κ2) is 6.04. The monoisotopic (exact) mass is 258 g/mol. The molecule has 2 N–H and O–H groups in total. The van der Waals surface area contributed by atoms with Gasteiger partial charge in [-0.2, -0.15) is 0 Å². The number of nitrogens with one attached hydrogen (secondary N) is 1. The molecule has 0 aliphatic carbocycles. The molecule has 2 unspecified atom stereocenters. The predicted octanol–water partition coefficient (Wildman–Crippen LogP) is 1.06. The Morgan fingerprint density at radius 3 is 2.67 bits per heavy atom. The summed E-state index contributed by atoms with van der Waals surface area (Å²) < 4.78 is 5.44. The summed E-state index contributed by atoms with van der Waals surface area (Å²) in [5.41, 5.74) is -1.22. The standard InChI is InChI=1S/C12H22N2O4/c1-4-12(2,10(15)16)13-11(17)14(3)8-9-6-5-7-18-9/h9H,4-8H2,1-3H3,(H,13,17)(H,15,16). The number of hydrogen-bond donors (Lipinski definition) is 2. The van der Waals surface area contributed by atoms with Gasteiger partial charge in [-0.15, -0.1) is 0 Å². The molecule has 1 fully saturated rings. The maximum absolute atomic E-state index is 11.9. The Kier molecular flexibility index (Phi) is 4.95. The average molecular weight is 258 g/mol. The third-order valence-electron chi connectivity index (χ3n) is 3.41. The Labute approximate surface area is 107 Å². The van der Waals surface area contributed by atoms with Crippen molar-refractivity contribution in [3.05, 3.63) is 0 Å². The maximum atomic E-state index is 11.9. The smallest absolute Gasteiger partial charge is 0.329 e. The van der Waals surface area contributed by atoms with E-state index in [1.807, 2.05) is 0 Å².